The normalized spacial score (nSPS) is 10.6. The van der Waals surface area contributed by atoms with Gasteiger partial charge in [0.1, 0.15) is 5.69 Å². The summed E-state index contributed by atoms with van der Waals surface area (Å²) in [5.74, 6) is -0.322. The standard InChI is InChI=1S/C17H16ClN5O2/c1-25-10-9-20-17(24)15-16(12-5-7-19-8-6-12)23(22-21-15)14-4-2-3-13(18)11-14/h2-8,11H,9-10H2,1H3,(H,20,24). The fourth-order valence-electron chi connectivity index (χ4n) is 2.34. The highest BCUT2D eigenvalue weighted by Gasteiger charge is 2.22. The quantitative estimate of drug-likeness (QED) is 0.685. The van der Waals surface area contributed by atoms with Gasteiger partial charge in [0, 0.05) is 36.6 Å². The topological polar surface area (TPSA) is 81.9 Å². The number of carbonyl (C=O) groups is 1. The smallest absolute Gasteiger partial charge is 0.274 e. The van der Waals surface area contributed by atoms with Crippen LogP contribution in [0.15, 0.2) is 48.8 Å². The van der Waals surface area contributed by atoms with Gasteiger partial charge in [0.25, 0.3) is 5.91 Å². The fraction of sp³-hybridized carbons (Fsp3) is 0.176. The molecule has 0 aliphatic rings. The van der Waals surface area contributed by atoms with E-state index in [1.807, 2.05) is 12.1 Å². The van der Waals surface area contributed by atoms with E-state index >= 15 is 0 Å². The van der Waals surface area contributed by atoms with E-state index < -0.39 is 0 Å². The molecule has 0 fully saturated rings. The molecule has 1 amide bonds. The maximum atomic E-state index is 12.5. The van der Waals surface area contributed by atoms with Gasteiger partial charge in [0.15, 0.2) is 5.69 Å². The van der Waals surface area contributed by atoms with Gasteiger partial charge in [0.2, 0.25) is 0 Å². The van der Waals surface area contributed by atoms with E-state index in [0.717, 1.165) is 5.56 Å². The van der Waals surface area contributed by atoms with Crippen LogP contribution in [0.5, 0.6) is 0 Å². The highest BCUT2D eigenvalue weighted by molar-refractivity contribution is 6.30. The molecule has 0 saturated heterocycles. The Balaban J connectivity index is 2.06. The van der Waals surface area contributed by atoms with Gasteiger partial charge in [-0.3, -0.25) is 9.78 Å². The third-order valence-electron chi connectivity index (χ3n) is 3.48. The second kappa shape index (κ2) is 7.87. The third-order valence-corrected chi connectivity index (χ3v) is 3.72. The number of ether oxygens (including phenoxy) is 1. The molecule has 0 aliphatic carbocycles. The van der Waals surface area contributed by atoms with Crippen LogP contribution in [-0.2, 0) is 4.74 Å². The summed E-state index contributed by atoms with van der Waals surface area (Å²) in [5.41, 5.74) is 2.28. The lowest BCUT2D eigenvalue weighted by atomic mass is 10.1. The minimum Gasteiger partial charge on any atom is -0.383 e. The van der Waals surface area contributed by atoms with Crippen molar-refractivity contribution in [2.45, 2.75) is 0 Å². The molecule has 2 aromatic heterocycles. The second-order valence-corrected chi connectivity index (χ2v) is 5.60. The first-order valence-corrected chi connectivity index (χ1v) is 7.97. The van der Waals surface area contributed by atoms with E-state index in [9.17, 15) is 4.79 Å². The first-order valence-electron chi connectivity index (χ1n) is 7.60. The molecule has 0 spiro atoms. The molecule has 0 atom stereocenters. The van der Waals surface area contributed by atoms with Crippen LogP contribution in [0, 0.1) is 0 Å². The highest BCUT2D eigenvalue weighted by Crippen LogP contribution is 2.25. The summed E-state index contributed by atoms with van der Waals surface area (Å²) in [5, 5.41) is 11.6. The number of aromatic nitrogens is 4. The number of methoxy groups -OCH3 is 1. The number of pyridine rings is 1. The predicted molar refractivity (Wildman–Crippen MR) is 93.8 cm³/mol. The van der Waals surface area contributed by atoms with Crippen LogP contribution in [0.3, 0.4) is 0 Å². The highest BCUT2D eigenvalue weighted by atomic mass is 35.5. The van der Waals surface area contributed by atoms with Crippen molar-refractivity contribution in [2.75, 3.05) is 20.3 Å². The van der Waals surface area contributed by atoms with Crippen LogP contribution in [0.2, 0.25) is 5.02 Å². The molecule has 0 saturated carbocycles. The van der Waals surface area contributed by atoms with Gasteiger partial charge in [0.05, 0.1) is 12.3 Å². The molecular weight excluding hydrogens is 342 g/mol. The van der Waals surface area contributed by atoms with Crippen molar-refractivity contribution in [3.8, 4) is 16.9 Å². The van der Waals surface area contributed by atoms with E-state index in [1.54, 1.807) is 48.5 Å². The Morgan fingerprint density at radius 2 is 2.08 bits per heavy atom. The van der Waals surface area contributed by atoms with Gasteiger partial charge < -0.3 is 10.1 Å². The molecule has 3 rings (SSSR count). The van der Waals surface area contributed by atoms with E-state index in [4.69, 9.17) is 16.3 Å². The van der Waals surface area contributed by atoms with E-state index in [0.29, 0.717) is 29.6 Å². The zero-order valence-electron chi connectivity index (χ0n) is 13.5. The maximum Gasteiger partial charge on any atom is 0.274 e. The number of rotatable bonds is 6. The van der Waals surface area contributed by atoms with E-state index in [1.165, 1.54) is 0 Å². The summed E-state index contributed by atoms with van der Waals surface area (Å²) in [6.45, 7) is 0.800. The lowest BCUT2D eigenvalue weighted by molar-refractivity contribution is 0.0932. The molecule has 3 aromatic rings. The Hall–Kier alpha value is -2.77. The van der Waals surface area contributed by atoms with Crippen LogP contribution < -0.4 is 5.32 Å². The Bertz CT molecular complexity index is 866. The molecule has 8 heteroatoms. The molecule has 0 aliphatic heterocycles. The lowest BCUT2D eigenvalue weighted by Crippen LogP contribution is -2.27. The zero-order valence-corrected chi connectivity index (χ0v) is 14.3. The van der Waals surface area contributed by atoms with Crippen molar-refractivity contribution in [2.24, 2.45) is 0 Å². The molecule has 2 heterocycles. The van der Waals surface area contributed by atoms with Crippen molar-refractivity contribution in [1.82, 2.24) is 25.3 Å². The van der Waals surface area contributed by atoms with Crippen molar-refractivity contribution in [1.29, 1.82) is 0 Å². The van der Waals surface area contributed by atoms with E-state index in [-0.39, 0.29) is 11.6 Å². The van der Waals surface area contributed by atoms with Crippen LogP contribution >= 0.6 is 11.6 Å². The molecule has 128 valence electrons. The van der Waals surface area contributed by atoms with Crippen molar-refractivity contribution in [3.63, 3.8) is 0 Å². The second-order valence-electron chi connectivity index (χ2n) is 5.16. The van der Waals surface area contributed by atoms with Gasteiger partial charge in [-0.15, -0.1) is 5.10 Å². The summed E-state index contributed by atoms with van der Waals surface area (Å²) >= 11 is 6.08. The monoisotopic (exact) mass is 357 g/mol. The van der Waals surface area contributed by atoms with Gasteiger partial charge in [-0.1, -0.05) is 22.9 Å². The van der Waals surface area contributed by atoms with Crippen LogP contribution in [0.1, 0.15) is 10.5 Å². The average molecular weight is 358 g/mol. The Kier molecular flexibility index (Phi) is 5.37. The number of carbonyl (C=O) groups excluding carboxylic acids is 1. The molecule has 1 aromatic carbocycles. The zero-order chi connectivity index (χ0) is 17.6. The summed E-state index contributed by atoms with van der Waals surface area (Å²) in [6, 6.07) is 10.8. The molecular formula is C17H16ClN5O2. The molecule has 25 heavy (non-hydrogen) atoms. The molecule has 0 unspecified atom stereocenters. The molecule has 7 nitrogen and oxygen atoms in total. The molecule has 0 radical (unpaired) electrons. The third kappa shape index (κ3) is 3.84. The Morgan fingerprint density at radius 3 is 2.80 bits per heavy atom. The van der Waals surface area contributed by atoms with E-state index in [2.05, 4.69) is 20.6 Å². The molecule has 0 bridgehead atoms. The van der Waals surface area contributed by atoms with Crippen molar-refractivity contribution < 1.29 is 9.53 Å². The summed E-state index contributed by atoms with van der Waals surface area (Å²) in [6.07, 6.45) is 3.30. The number of hydrogen-bond donors (Lipinski definition) is 1. The fourth-order valence-corrected chi connectivity index (χ4v) is 2.53. The Morgan fingerprint density at radius 1 is 1.28 bits per heavy atom. The van der Waals surface area contributed by atoms with Gasteiger partial charge in [-0.25, -0.2) is 4.68 Å². The van der Waals surface area contributed by atoms with Crippen LogP contribution in [0.4, 0.5) is 0 Å². The van der Waals surface area contributed by atoms with Gasteiger partial charge >= 0.3 is 0 Å². The maximum absolute atomic E-state index is 12.5. The summed E-state index contributed by atoms with van der Waals surface area (Å²) < 4.78 is 6.54. The number of amides is 1. The SMILES string of the molecule is COCCNC(=O)c1nnn(-c2cccc(Cl)c2)c1-c1ccncc1. The number of halogens is 1. The van der Waals surface area contributed by atoms with Gasteiger partial charge in [-0.05, 0) is 30.3 Å². The number of benzene rings is 1. The Labute approximate surface area is 149 Å². The first kappa shape index (κ1) is 17.1. The van der Waals surface area contributed by atoms with Crippen LogP contribution in [0.25, 0.3) is 16.9 Å². The number of nitrogens with one attached hydrogen (secondary N) is 1. The van der Waals surface area contributed by atoms with Gasteiger partial charge in [-0.2, -0.15) is 0 Å². The first-order chi connectivity index (χ1) is 12.2. The minimum atomic E-state index is -0.322. The summed E-state index contributed by atoms with van der Waals surface area (Å²) in [7, 11) is 1.57. The van der Waals surface area contributed by atoms with Crippen molar-refractivity contribution >= 4 is 17.5 Å². The lowest BCUT2D eigenvalue weighted by Gasteiger charge is -2.09. The minimum absolute atomic E-state index is 0.224. The average Bonchev–Trinajstić information content (AvgIpc) is 3.08. The molecule has 1 N–H and O–H groups in total. The summed E-state index contributed by atoms with van der Waals surface area (Å²) in [4.78, 5) is 16.5. The number of hydrogen-bond acceptors (Lipinski definition) is 5. The predicted octanol–water partition coefficient (Wildman–Crippen LogP) is 2.36. The van der Waals surface area contributed by atoms with Crippen LogP contribution in [-0.4, -0.2) is 46.1 Å². The van der Waals surface area contributed by atoms with Crippen molar-refractivity contribution in [3.05, 3.63) is 59.5 Å². The largest absolute Gasteiger partial charge is 0.383 e. The number of nitrogens with zero attached hydrogens (tertiary/aromatic N) is 4.